The molecule has 0 fully saturated rings. The first kappa shape index (κ1) is 22.6. The van der Waals surface area contributed by atoms with Gasteiger partial charge in [0.15, 0.2) is 5.70 Å². The highest BCUT2D eigenvalue weighted by Crippen LogP contribution is 2.28. The molecule has 1 aliphatic rings. The Morgan fingerprint density at radius 1 is 1.00 bits per heavy atom. The Hall–Kier alpha value is -4.57. The fourth-order valence-electron chi connectivity index (χ4n) is 3.05. The zero-order valence-electron chi connectivity index (χ0n) is 17.2. The number of ether oxygens (including phenoxy) is 2. The Kier molecular flexibility index (Phi) is 6.33. The summed E-state index contributed by atoms with van der Waals surface area (Å²) in [6.45, 7) is 0.192. The molecular weight excluding hydrogens is 466 g/mol. The van der Waals surface area contributed by atoms with Crippen molar-refractivity contribution in [2.24, 2.45) is 4.99 Å². The summed E-state index contributed by atoms with van der Waals surface area (Å²) in [5.41, 5.74) is 1.29. The van der Waals surface area contributed by atoms with E-state index in [4.69, 9.17) is 21.1 Å². The summed E-state index contributed by atoms with van der Waals surface area (Å²) in [5.74, 6) is -0.261. The van der Waals surface area contributed by atoms with E-state index in [1.54, 1.807) is 36.4 Å². The van der Waals surface area contributed by atoms with Gasteiger partial charge in [0.2, 0.25) is 5.90 Å². The third-order valence-corrected chi connectivity index (χ3v) is 5.04. The minimum absolute atomic E-state index is 0.00560. The number of hydrogen-bond acceptors (Lipinski definition) is 8. The molecule has 0 radical (unpaired) electrons. The van der Waals surface area contributed by atoms with Crippen LogP contribution in [0.2, 0.25) is 5.02 Å². The predicted molar refractivity (Wildman–Crippen MR) is 123 cm³/mol. The number of rotatable bonds is 7. The van der Waals surface area contributed by atoms with Gasteiger partial charge in [-0.25, -0.2) is 9.79 Å². The zero-order chi connectivity index (χ0) is 24.2. The highest BCUT2D eigenvalue weighted by Gasteiger charge is 2.26. The quantitative estimate of drug-likeness (QED) is 0.199. The molecule has 170 valence electrons. The number of aliphatic imine (C=N–C) groups is 1. The highest BCUT2D eigenvalue weighted by atomic mass is 35.5. The maximum absolute atomic E-state index is 12.3. The van der Waals surface area contributed by atoms with Crippen molar-refractivity contribution in [1.29, 1.82) is 0 Å². The molecule has 0 aliphatic carbocycles. The van der Waals surface area contributed by atoms with Crippen LogP contribution in [0, 0.1) is 20.2 Å². The Morgan fingerprint density at radius 2 is 1.76 bits per heavy atom. The molecule has 0 saturated heterocycles. The molecule has 0 bridgehead atoms. The van der Waals surface area contributed by atoms with Gasteiger partial charge in [-0.2, -0.15) is 0 Å². The standard InChI is InChI=1S/C23H14ClN3O7/c24-19-9-6-16(12-21(19)27(31)32)22-25-20(23(28)34-22)11-15-2-1-3-18(10-15)33-13-14-4-7-17(8-5-14)26(29)30/h1-12H,13H2/b20-11-. The zero-order valence-corrected chi connectivity index (χ0v) is 18.0. The lowest BCUT2D eigenvalue weighted by Gasteiger charge is -2.07. The summed E-state index contributed by atoms with van der Waals surface area (Å²) in [6, 6.07) is 16.9. The SMILES string of the molecule is O=C1OC(c2ccc(Cl)c([N+](=O)[O-])c2)=N/C1=C\c1cccc(OCc2ccc([N+](=O)[O-])cc2)c1. The summed E-state index contributed by atoms with van der Waals surface area (Å²) in [5, 5.41) is 21.8. The number of carbonyl (C=O) groups excluding carboxylic acids is 1. The summed E-state index contributed by atoms with van der Waals surface area (Å²) >= 11 is 5.82. The van der Waals surface area contributed by atoms with Gasteiger partial charge in [-0.1, -0.05) is 23.7 Å². The molecule has 34 heavy (non-hydrogen) atoms. The van der Waals surface area contributed by atoms with Crippen LogP contribution < -0.4 is 4.74 Å². The third-order valence-electron chi connectivity index (χ3n) is 4.72. The first-order valence-electron chi connectivity index (χ1n) is 9.73. The topological polar surface area (TPSA) is 134 Å². The number of esters is 1. The van der Waals surface area contributed by atoms with Crippen molar-refractivity contribution in [1.82, 2.24) is 0 Å². The van der Waals surface area contributed by atoms with Gasteiger partial charge >= 0.3 is 5.97 Å². The molecule has 4 rings (SSSR count). The minimum atomic E-state index is -0.704. The van der Waals surface area contributed by atoms with Crippen molar-refractivity contribution in [3.05, 3.63) is 114 Å². The van der Waals surface area contributed by atoms with Crippen molar-refractivity contribution in [3.63, 3.8) is 0 Å². The Bertz CT molecular complexity index is 1370. The number of nitrogens with zero attached hydrogens (tertiary/aromatic N) is 3. The van der Waals surface area contributed by atoms with E-state index < -0.39 is 15.8 Å². The minimum Gasteiger partial charge on any atom is -0.489 e. The second-order valence-corrected chi connectivity index (χ2v) is 7.45. The molecule has 3 aromatic rings. The average molecular weight is 480 g/mol. The summed E-state index contributed by atoms with van der Waals surface area (Å²) in [7, 11) is 0. The number of carbonyl (C=O) groups is 1. The first-order chi connectivity index (χ1) is 16.3. The smallest absolute Gasteiger partial charge is 0.363 e. The molecule has 0 saturated carbocycles. The number of halogens is 1. The molecule has 0 aromatic heterocycles. The Morgan fingerprint density at radius 3 is 2.47 bits per heavy atom. The van der Waals surface area contributed by atoms with Crippen LogP contribution in [0.3, 0.4) is 0 Å². The number of benzene rings is 3. The molecule has 0 N–H and O–H groups in total. The summed E-state index contributed by atoms with van der Waals surface area (Å²) in [6.07, 6.45) is 1.50. The van der Waals surface area contributed by atoms with E-state index >= 15 is 0 Å². The fourth-order valence-corrected chi connectivity index (χ4v) is 3.24. The number of hydrogen-bond donors (Lipinski definition) is 0. The van der Waals surface area contributed by atoms with Crippen molar-refractivity contribution >= 4 is 40.9 Å². The van der Waals surface area contributed by atoms with Crippen LogP contribution in [0.15, 0.2) is 77.4 Å². The lowest BCUT2D eigenvalue weighted by molar-refractivity contribution is -0.385. The van der Waals surface area contributed by atoms with Crippen LogP contribution in [0.5, 0.6) is 5.75 Å². The number of nitro groups is 2. The van der Waals surface area contributed by atoms with E-state index in [0.29, 0.717) is 11.3 Å². The molecular formula is C23H14ClN3O7. The van der Waals surface area contributed by atoms with E-state index in [1.807, 2.05) is 0 Å². The molecule has 0 unspecified atom stereocenters. The van der Waals surface area contributed by atoms with Crippen LogP contribution in [0.25, 0.3) is 6.08 Å². The van der Waals surface area contributed by atoms with Gasteiger partial charge < -0.3 is 9.47 Å². The average Bonchev–Trinajstić information content (AvgIpc) is 3.18. The molecule has 0 spiro atoms. The van der Waals surface area contributed by atoms with E-state index in [9.17, 15) is 25.0 Å². The van der Waals surface area contributed by atoms with Gasteiger partial charge in [-0.05, 0) is 53.6 Å². The maximum atomic E-state index is 12.3. The molecule has 1 aliphatic heterocycles. The van der Waals surface area contributed by atoms with Crippen LogP contribution in [-0.2, 0) is 16.1 Å². The van der Waals surface area contributed by atoms with Crippen LogP contribution in [0.1, 0.15) is 16.7 Å². The third kappa shape index (κ3) is 5.08. The number of cyclic esters (lactones) is 1. The number of non-ortho nitro benzene ring substituents is 1. The molecule has 11 heteroatoms. The van der Waals surface area contributed by atoms with Crippen molar-refractivity contribution in [3.8, 4) is 5.75 Å². The maximum Gasteiger partial charge on any atom is 0.363 e. The molecule has 1 heterocycles. The lowest BCUT2D eigenvalue weighted by atomic mass is 10.2. The van der Waals surface area contributed by atoms with E-state index in [2.05, 4.69) is 4.99 Å². The normalized spacial score (nSPS) is 14.0. The summed E-state index contributed by atoms with van der Waals surface area (Å²) < 4.78 is 10.9. The van der Waals surface area contributed by atoms with Crippen LogP contribution in [-0.4, -0.2) is 21.7 Å². The molecule has 0 amide bonds. The molecule has 10 nitrogen and oxygen atoms in total. The van der Waals surface area contributed by atoms with Gasteiger partial charge in [0.25, 0.3) is 11.4 Å². The van der Waals surface area contributed by atoms with Gasteiger partial charge in [0.1, 0.15) is 17.4 Å². The van der Waals surface area contributed by atoms with Gasteiger partial charge in [-0.3, -0.25) is 20.2 Å². The van der Waals surface area contributed by atoms with Crippen LogP contribution in [0.4, 0.5) is 11.4 Å². The van der Waals surface area contributed by atoms with E-state index in [0.717, 1.165) is 5.56 Å². The highest BCUT2D eigenvalue weighted by molar-refractivity contribution is 6.32. The van der Waals surface area contributed by atoms with Gasteiger partial charge in [0, 0.05) is 23.8 Å². The van der Waals surface area contributed by atoms with Gasteiger partial charge in [0.05, 0.1) is 9.85 Å². The Balaban J connectivity index is 1.50. The van der Waals surface area contributed by atoms with Crippen LogP contribution >= 0.6 is 11.6 Å². The largest absolute Gasteiger partial charge is 0.489 e. The second-order valence-electron chi connectivity index (χ2n) is 7.04. The van der Waals surface area contributed by atoms with Gasteiger partial charge in [-0.15, -0.1) is 0 Å². The first-order valence-corrected chi connectivity index (χ1v) is 10.1. The monoisotopic (exact) mass is 479 g/mol. The second kappa shape index (κ2) is 9.51. The molecule has 3 aromatic carbocycles. The summed E-state index contributed by atoms with van der Waals surface area (Å²) in [4.78, 5) is 37.2. The fraction of sp³-hybridized carbons (Fsp3) is 0.0435. The van der Waals surface area contributed by atoms with E-state index in [1.165, 1.54) is 36.4 Å². The number of nitro benzene ring substituents is 2. The lowest BCUT2D eigenvalue weighted by Crippen LogP contribution is -2.06. The van der Waals surface area contributed by atoms with Crippen molar-refractivity contribution < 1.29 is 24.1 Å². The Labute approximate surface area is 197 Å². The van der Waals surface area contributed by atoms with Crippen molar-refractivity contribution in [2.75, 3.05) is 0 Å². The molecule has 0 atom stereocenters. The van der Waals surface area contributed by atoms with Crippen molar-refractivity contribution in [2.45, 2.75) is 6.61 Å². The van der Waals surface area contributed by atoms with E-state index in [-0.39, 0.29) is 40.2 Å². The predicted octanol–water partition coefficient (Wildman–Crippen LogP) is 5.08.